The Balaban J connectivity index is 2.46. The molecule has 2 rings (SSSR count). The average molecular weight is 313 g/mol. The molecule has 5 nitrogen and oxygen atoms in total. The standard InChI is InChI=1S/C13H13ClN2O3S/c1-8-6-10(7-9(2)12(8)14)19-13-11(20(15,17)18)4-3-5-16-13/h3-7H,1-2H3,(H2,15,17,18). The summed E-state index contributed by atoms with van der Waals surface area (Å²) in [4.78, 5) is 3.75. The Labute approximate surface area is 122 Å². The van der Waals surface area contributed by atoms with E-state index in [2.05, 4.69) is 4.98 Å². The van der Waals surface area contributed by atoms with Crippen molar-refractivity contribution in [3.05, 3.63) is 46.6 Å². The maximum atomic E-state index is 11.5. The number of hydrogen-bond donors (Lipinski definition) is 1. The van der Waals surface area contributed by atoms with E-state index in [0.29, 0.717) is 10.8 Å². The Bertz CT molecular complexity index is 737. The Morgan fingerprint density at radius 2 is 1.85 bits per heavy atom. The monoisotopic (exact) mass is 312 g/mol. The second-order valence-corrected chi connectivity index (χ2v) is 6.23. The number of nitrogens with two attached hydrogens (primary N) is 1. The largest absolute Gasteiger partial charge is 0.438 e. The molecule has 0 saturated carbocycles. The van der Waals surface area contributed by atoms with Gasteiger partial charge >= 0.3 is 0 Å². The molecule has 0 fully saturated rings. The van der Waals surface area contributed by atoms with Crippen LogP contribution in [0.2, 0.25) is 5.02 Å². The van der Waals surface area contributed by atoms with Crippen LogP contribution in [0.25, 0.3) is 0 Å². The van der Waals surface area contributed by atoms with Gasteiger partial charge in [-0.2, -0.15) is 0 Å². The van der Waals surface area contributed by atoms with Gasteiger partial charge in [-0.3, -0.25) is 0 Å². The van der Waals surface area contributed by atoms with E-state index in [1.807, 2.05) is 13.8 Å². The topological polar surface area (TPSA) is 82.3 Å². The van der Waals surface area contributed by atoms with Gasteiger partial charge in [-0.25, -0.2) is 18.5 Å². The molecule has 2 aromatic rings. The molecule has 1 heterocycles. The predicted molar refractivity (Wildman–Crippen MR) is 76.6 cm³/mol. The van der Waals surface area contributed by atoms with Gasteiger partial charge in [0.1, 0.15) is 10.6 Å². The molecule has 0 bridgehead atoms. The molecule has 0 aliphatic heterocycles. The molecule has 7 heteroatoms. The summed E-state index contributed by atoms with van der Waals surface area (Å²) in [5.41, 5.74) is 1.66. The summed E-state index contributed by atoms with van der Waals surface area (Å²) in [5.74, 6) is 0.393. The highest BCUT2D eigenvalue weighted by molar-refractivity contribution is 7.89. The van der Waals surface area contributed by atoms with Crippen LogP contribution in [0.15, 0.2) is 35.4 Å². The molecule has 0 unspecified atom stereocenters. The van der Waals surface area contributed by atoms with E-state index in [0.717, 1.165) is 11.1 Å². The molecule has 1 aromatic heterocycles. The predicted octanol–water partition coefficient (Wildman–Crippen LogP) is 2.79. The van der Waals surface area contributed by atoms with Gasteiger partial charge in [-0.15, -0.1) is 0 Å². The molecule has 0 spiro atoms. The smallest absolute Gasteiger partial charge is 0.243 e. The van der Waals surface area contributed by atoms with Gasteiger partial charge in [0.2, 0.25) is 15.9 Å². The van der Waals surface area contributed by atoms with Gasteiger partial charge < -0.3 is 4.74 Å². The van der Waals surface area contributed by atoms with Crippen molar-refractivity contribution in [2.45, 2.75) is 18.7 Å². The van der Waals surface area contributed by atoms with E-state index in [4.69, 9.17) is 21.5 Å². The van der Waals surface area contributed by atoms with E-state index >= 15 is 0 Å². The van der Waals surface area contributed by atoms with Crippen LogP contribution >= 0.6 is 11.6 Å². The first kappa shape index (κ1) is 14.8. The summed E-state index contributed by atoms with van der Waals surface area (Å²) in [6, 6.07) is 6.23. The Morgan fingerprint density at radius 1 is 1.25 bits per heavy atom. The zero-order valence-electron chi connectivity index (χ0n) is 10.9. The number of aromatic nitrogens is 1. The SMILES string of the molecule is Cc1cc(Oc2ncccc2S(N)(=O)=O)cc(C)c1Cl. The fourth-order valence-electron chi connectivity index (χ4n) is 1.75. The van der Waals surface area contributed by atoms with Crippen LogP contribution in [-0.4, -0.2) is 13.4 Å². The average Bonchev–Trinajstić information content (AvgIpc) is 2.35. The third-order valence-corrected chi connectivity index (χ3v) is 4.19. The third kappa shape index (κ3) is 3.09. The van der Waals surface area contributed by atoms with E-state index in [-0.39, 0.29) is 10.8 Å². The van der Waals surface area contributed by atoms with Crippen LogP contribution < -0.4 is 9.88 Å². The summed E-state index contributed by atoms with van der Waals surface area (Å²) in [6.45, 7) is 3.67. The maximum Gasteiger partial charge on any atom is 0.243 e. The number of ether oxygens (including phenoxy) is 1. The lowest BCUT2D eigenvalue weighted by molar-refractivity contribution is 0.446. The second-order valence-electron chi connectivity index (χ2n) is 4.32. The molecule has 0 saturated heterocycles. The fourth-order valence-corrected chi connectivity index (χ4v) is 2.46. The Morgan fingerprint density at radius 3 is 2.40 bits per heavy atom. The van der Waals surface area contributed by atoms with E-state index in [1.165, 1.54) is 18.3 Å². The number of primary sulfonamides is 1. The Kier molecular flexibility index (Phi) is 3.99. The number of pyridine rings is 1. The molecule has 106 valence electrons. The maximum absolute atomic E-state index is 11.5. The van der Waals surface area contributed by atoms with Crippen LogP contribution in [0, 0.1) is 13.8 Å². The second kappa shape index (κ2) is 5.40. The molecule has 0 radical (unpaired) electrons. The lowest BCUT2D eigenvalue weighted by Crippen LogP contribution is -2.13. The summed E-state index contributed by atoms with van der Waals surface area (Å²) < 4.78 is 28.5. The van der Waals surface area contributed by atoms with Crippen LogP contribution in [0.4, 0.5) is 0 Å². The molecule has 1 aromatic carbocycles. The van der Waals surface area contributed by atoms with Gasteiger partial charge in [0, 0.05) is 11.2 Å². The van der Waals surface area contributed by atoms with Crippen LogP contribution in [-0.2, 0) is 10.0 Å². The number of hydrogen-bond acceptors (Lipinski definition) is 4. The summed E-state index contributed by atoms with van der Waals surface area (Å²) in [5, 5.41) is 5.77. The summed E-state index contributed by atoms with van der Waals surface area (Å²) >= 11 is 6.07. The first-order valence-corrected chi connectivity index (χ1v) is 7.64. The van der Waals surface area contributed by atoms with Crippen molar-refractivity contribution in [2.75, 3.05) is 0 Å². The minimum atomic E-state index is -3.90. The van der Waals surface area contributed by atoms with Gasteiger partial charge in [0.25, 0.3) is 0 Å². The fraction of sp³-hybridized carbons (Fsp3) is 0.154. The van der Waals surface area contributed by atoms with Crippen molar-refractivity contribution in [3.8, 4) is 11.6 Å². The van der Waals surface area contributed by atoms with E-state index < -0.39 is 10.0 Å². The number of halogens is 1. The van der Waals surface area contributed by atoms with Crippen molar-refractivity contribution in [1.82, 2.24) is 4.98 Å². The highest BCUT2D eigenvalue weighted by Crippen LogP contribution is 2.30. The first-order valence-electron chi connectivity index (χ1n) is 5.71. The van der Waals surface area contributed by atoms with Gasteiger partial charge in [-0.05, 0) is 49.2 Å². The molecule has 0 aliphatic rings. The van der Waals surface area contributed by atoms with Crippen molar-refractivity contribution in [3.63, 3.8) is 0 Å². The van der Waals surface area contributed by atoms with Crippen molar-refractivity contribution < 1.29 is 13.2 Å². The van der Waals surface area contributed by atoms with Crippen molar-refractivity contribution in [1.29, 1.82) is 0 Å². The van der Waals surface area contributed by atoms with Gasteiger partial charge in [0.15, 0.2) is 0 Å². The lowest BCUT2D eigenvalue weighted by atomic mass is 10.1. The number of benzene rings is 1. The Hall–Kier alpha value is -1.63. The number of nitrogens with zero attached hydrogens (tertiary/aromatic N) is 1. The highest BCUT2D eigenvalue weighted by atomic mass is 35.5. The quantitative estimate of drug-likeness (QED) is 0.944. The van der Waals surface area contributed by atoms with Crippen LogP contribution in [0.3, 0.4) is 0 Å². The van der Waals surface area contributed by atoms with Crippen molar-refractivity contribution in [2.24, 2.45) is 5.14 Å². The van der Waals surface area contributed by atoms with Crippen molar-refractivity contribution >= 4 is 21.6 Å². The first-order chi connectivity index (χ1) is 9.29. The normalized spacial score (nSPS) is 11.4. The van der Waals surface area contributed by atoms with E-state index in [1.54, 1.807) is 12.1 Å². The molecule has 2 N–H and O–H groups in total. The third-order valence-electron chi connectivity index (χ3n) is 2.67. The molecule has 0 amide bonds. The molecule has 0 aliphatic carbocycles. The van der Waals surface area contributed by atoms with Gasteiger partial charge in [-0.1, -0.05) is 11.6 Å². The minimum Gasteiger partial charge on any atom is -0.438 e. The minimum absolute atomic E-state index is 0.0591. The van der Waals surface area contributed by atoms with Crippen LogP contribution in [0.1, 0.15) is 11.1 Å². The highest BCUT2D eigenvalue weighted by Gasteiger charge is 2.17. The summed E-state index contributed by atoms with van der Waals surface area (Å²) in [6.07, 6.45) is 1.43. The molecular weight excluding hydrogens is 300 g/mol. The zero-order valence-corrected chi connectivity index (χ0v) is 12.5. The molecule has 20 heavy (non-hydrogen) atoms. The molecular formula is C13H13ClN2O3S. The van der Waals surface area contributed by atoms with E-state index in [9.17, 15) is 8.42 Å². The van der Waals surface area contributed by atoms with Crippen LogP contribution in [0.5, 0.6) is 11.6 Å². The zero-order chi connectivity index (χ0) is 14.9. The number of aryl methyl sites for hydroxylation is 2. The molecule has 0 atom stereocenters. The summed E-state index contributed by atoms with van der Waals surface area (Å²) in [7, 11) is -3.90. The number of sulfonamides is 1. The lowest BCUT2D eigenvalue weighted by Gasteiger charge is -2.11. The van der Waals surface area contributed by atoms with Gasteiger partial charge in [0.05, 0.1) is 0 Å². The number of rotatable bonds is 3.